The van der Waals surface area contributed by atoms with Gasteiger partial charge in [-0.1, -0.05) is 12.1 Å². The minimum Gasteiger partial charge on any atom is -0.354 e. The highest BCUT2D eigenvalue weighted by molar-refractivity contribution is 5.81. The second-order valence-electron chi connectivity index (χ2n) is 9.68. The maximum atomic E-state index is 12.7. The van der Waals surface area contributed by atoms with E-state index in [1.807, 2.05) is 7.05 Å². The first-order chi connectivity index (χ1) is 16.1. The van der Waals surface area contributed by atoms with E-state index in [1.165, 1.54) is 10.9 Å². The van der Waals surface area contributed by atoms with Gasteiger partial charge >= 0.3 is 0 Å². The van der Waals surface area contributed by atoms with E-state index in [9.17, 15) is 4.79 Å². The highest BCUT2D eigenvalue weighted by Gasteiger charge is 2.19. The third-order valence-electron chi connectivity index (χ3n) is 7.31. The lowest BCUT2D eigenvalue weighted by molar-refractivity contribution is 0.252. The van der Waals surface area contributed by atoms with E-state index in [1.54, 1.807) is 4.57 Å². The quantitative estimate of drug-likeness (QED) is 0.542. The number of hydrogen-bond donors (Lipinski definition) is 0. The summed E-state index contributed by atoms with van der Waals surface area (Å²) in [7, 11) is 1.89. The number of anilines is 1. The number of unbranched alkanes of at least 4 members (excludes halogenated alkanes) is 1. The average molecular weight is 446 g/mol. The summed E-state index contributed by atoms with van der Waals surface area (Å²) in [5, 5.41) is 1.20. The van der Waals surface area contributed by atoms with Crippen molar-refractivity contribution in [3.63, 3.8) is 0 Å². The molecular weight excluding hydrogens is 410 g/mol. The zero-order valence-electron chi connectivity index (χ0n) is 20.0. The van der Waals surface area contributed by atoms with Crippen LogP contribution >= 0.6 is 0 Å². The fourth-order valence-electron chi connectivity index (χ4n) is 5.23. The maximum Gasteiger partial charge on any atom is 0.256 e. The van der Waals surface area contributed by atoms with E-state index in [4.69, 9.17) is 9.97 Å². The predicted octanol–water partition coefficient (Wildman–Crippen LogP) is 3.66. The molecule has 2 aromatic heterocycles. The van der Waals surface area contributed by atoms with Crippen LogP contribution in [-0.2, 0) is 26.3 Å². The average Bonchev–Trinajstić information content (AvgIpc) is 2.84. The van der Waals surface area contributed by atoms with Crippen LogP contribution in [0.2, 0.25) is 0 Å². The smallest absolute Gasteiger partial charge is 0.256 e. The minimum atomic E-state index is 0.184. The topological polar surface area (TPSA) is 54.3 Å². The molecule has 33 heavy (non-hydrogen) atoms. The van der Waals surface area contributed by atoms with Gasteiger partial charge < -0.3 is 4.90 Å². The Labute approximate surface area is 196 Å². The van der Waals surface area contributed by atoms with Crippen LogP contribution in [0.3, 0.4) is 0 Å². The summed E-state index contributed by atoms with van der Waals surface area (Å²) in [5.74, 6) is 2.05. The molecule has 0 atom stereocenters. The zero-order chi connectivity index (χ0) is 22.8. The molecule has 1 aliphatic heterocycles. The number of fused-ring (bicyclic) bond motifs is 2. The second-order valence-corrected chi connectivity index (χ2v) is 9.68. The van der Waals surface area contributed by atoms with Crippen molar-refractivity contribution in [2.75, 3.05) is 37.6 Å². The van der Waals surface area contributed by atoms with E-state index in [0.29, 0.717) is 0 Å². The molecule has 0 N–H and O–H groups in total. The Balaban J connectivity index is 1.11. The number of benzene rings is 1. The lowest BCUT2D eigenvalue weighted by Crippen LogP contribution is -2.46. The SMILES string of the molecule is Cc1ccc2ccc(N3CCN(CCCCc4nc5c(c(=O)n4C)CCCC5)CC3)nc2c1. The molecule has 174 valence electrons. The molecule has 1 fully saturated rings. The van der Waals surface area contributed by atoms with Gasteiger partial charge in [0.25, 0.3) is 5.56 Å². The molecule has 1 aromatic carbocycles. The van der Waals surface area contributed by atoms with Crippen molar-refractivity contribution < 1.29 is 0 Å². The van der Waals surface area contributed by atoms with Gasteiger partial charge in [-0.2, -0.15) is 0 Å². The van der Waals surface area contributed by atoms with Gasteiger partial charge in [0, 0.05) is 50.6 Å². The van der Waals surface area contributed by atoms with Gasteiger partial charge in [0.15, 0.2) is 0 Å². The summed E-state index contributed by atoms with van der Waals surface area (Å²) in [6.45, 7) is 7.41. The largest absolute Gasteiger partial charge is 0.354 e. The van der Waals surface area contributed by atoms with Crippen LogP contribution in [-0.4, -0.2) is 52.2 Å². The fourth-order valence-corrected chi connectivity index (χ4v) is 5.23. The summed E-state index contributed by atoms with van der Waals surface area (Å²) in [5.41, 5.74) is 4.54. The highest BCUT2D eigenvalue weighted by atomic mass is 16.1. The Kier molecular flexibility index (Phi) is 6.45. The summed E-state index contributed by atoms with van der Waals surface area (Å²) >= 11 is 0. The second kappa shape index (κ2) is 9.64. The van der Waals surface area contributed by atoms with Gasteiger partial charge in [-0.3, -0.25) is 14.3 Å². The van der Waals surface area contributed by atoms with E-state index >= 15 is 0 Å². The summed E-state index contributed by atoms with van der Waals surface area (Å²) in [6, 6.07) is 10.8. The van der Waals surface area contributed by atoms with Crippen molar-refractivity contribution in [2.45, 2.75) is 51.9 Å². The molecule has 0 saturated carbocycles. The van der Waals surface area contributed by atoms with Crippen molar-refractivity contribution in [1.29, 1.82) is 0 Å². The Morgan fingerprint density at radius 1 is 0.939 bits per heavy atom. The molecule has 3 heterocycles. The van der Waals surface area contributed by atoms with Crippen LogP contribution in [0.5, 0.6) is 0 Å². The van der Waals surface area contributed by atoms with Crippen molar-refractivity contribution in [1.82, 2.24) is 19.4 Å². The number of aryl methyl sites for hydroxylation is 3. The summed E-state index contributed by atoms with van der Waals surface area (Å²) in [6.07, 6.45) is 7.24. The van der Waals surface area contributed by atoms with Crippen LogP contribution in [0, 0.1) is 6.92 Å². The van der Waals surface area contributed by atoms with Crippen molar-refractivity contribution in [3.8, 4) is 0 Å². The molecule has 5 rings (SSSR count). The summed E-state index contributed by atoms with van der Waals surface area (Å²) < 4.78 is 1.79. The number of piperazine rings is 1. The summed E-state index contributed by atoms with van der Waals surface area (Å²) in [4.78, 5) is 27.4. The molecule has 6 nitrogen and oxygen atoms in total. The van der Waals surface area contributed by atoms with Crippen molar-refractivity contribution in [3.05, 3.63) is 63.3 Å². The molecule has 2 aliphatic rings. The maximum absolute atomic E-state index is 12.7. The first-order valence-electron chi connectivity index (χ1n) is 12.5. The normalized spacial score (nSPS) is 16.8. The molecule has 0 amide bonds. The van der Waals surface area contributed by atoms with Gasteiger partial charge in [0.2, 0.25) is 0 Å². The van der Waals surface area contributed by atoms with Gasteiger partial charge in [-0.05, 0) is 75.8 Å². The first-order valence-corrected chi connectivity index (χ1v) is 12.5. The lowest BCUT2D eigenvalue weighted by atomic mass is 9.97. The van der Waals surface area contributed by atoms with Crippen LogP contribution in [0.15, 0.2) is 35.1 Å². The van der Waals surface area contributed by atoms with Crippen molar-refractivity contribution in [2.24, 2.45) is 7.05 Å². The molecule has 6 heteroatoms. The van der Waals surface area contributed by atoms with Crippen molar-refractivity contribution >= 4 is 16.7 Å². The van der Waals surface area contributed by atoms with Crippen LogP contribution in [0.1, 0.15) is 48.3 Å². The number of rotatable bonds is 6. The van der Waals surface area contributed by atoms with Gasteiger partial charge in [0.05, 0.1) is 11.2 Å². The molecular formula is C27H35N5O. The standard InChI is InChI=1S/C27H35N5O/c1-20-10-11-21-12-13-26(29-24(21)19-20)32-17-15-31(16-18-32)14-6-5-9-25-28-23-8-4-3-7-22(23)27(33)30(25)2/h10-13,19H,3-9,14-18H2,1-2H3. The fraction of sp³-hybridized carbons (Fsp3) is 0.519. The third kappa shape index (κ3) is 4.81. The van der Waals surface area contributed by atoms with Crippen LogP contribution in [0.4, 0.5) is 5.82 Å². The Morgan fingerprint density at radius 2 is 1.73 bits per heavy atom. The number of aromatic nitrogens is 3. The van der Waals surface area contributed by atoms with E-state index in [2.05, 4.69) is 47.1 Å². The lowest BCUT2D eigenvalue weighted by Gasteiger charge is -2.35. The van der Waals surface area contributed by atoms with Gasteiger partial charge in [0.1, 0.15) is 11.6 Å². The van der Waals surface area contributed by atoms with E-state index in [-0.39, 0.29) is 5.56 Å². The first kappa shape index (κ1) is 22.1. The zero-order valence-corrected chi connectivity index (χ0v) is 20.0. The molecule has 3 aromatic rings. The van der Waals surface area contributed by atoms with Gasteiger partial charge in [-0.15, -0.1) is 0 Å². The number of pyridine rings is 1. The molecule has 1 aliphatic carbocycles. The Bertz CT molecular complexity index is 1190. The predicted molar refractivity (Wildman–Crippen MR) is 134 cm³/mol. The highest BCUT2D eigenvalue weighted by Crippen LogP contribution is 2.21. The molecule has 0 unspecified atom stereocenters. The number of hydrogen-bond acceptors (Lipinski definition) is 5. The molecule has 0 bridgehead atoms. The third-order valence-corrected chi connectivity index (χ3v) is 7.31. The molecule has 1 saturated heterocycles. The van der Waals surface area contributed by atoms with E-state index < -0.39 is 0 Å². The molecule has 0 radical (unpaired) electrons. The Hall–Kier alpha value is -2.73. The molecule has 0 spiro atoms. The minimum absolute atomic E-state index is 0.184. The van der Waals surface area contributed by atoms with Gasteiger partial charge in [-0.25, -0.2) is 9.97 Å². The van der Waals surface area contributed by atoms with E-state index in [0.717, 1.165) is 106 Å². The number of nitrogens with zero attached hydrogens (tertiary/aromatic N) is 5. The Morgan fingerprint density at radius 3 is 2.58 bits per heavy atom. The monoisotopic (exact) mass is 445 g/mol. The van der Waals surface area contributed by atoms with Crippen LogP contribution in [0.25, 0.3) is 10.9 Å². The van der Waals surface area contributed by atoms with Crippen LogP contribution < -0.4 is 10.5 Å².